The molecule has 2 aromatic rings. The maximum absolute atomic E-state index is 13.3. The highest BCUT2D eigenvalue weighted by Crippen LogP contribution is 2.46. The number of amides is 2. The van der Waals surface area contributed by atoms with Gasteiger partial charge in [0, 0.05) is 23.1 Å². The van der Waals surface area contributed by atoms with Gasteiger partial charge in [-0.25, -0.2) is 0 Å². The molecule has 0 unspecified atom stereocenters. The van der Waals surface area contributed by atoms with Gasteiger partial charge >= 0.3 is 0 Å². The average molecular weight is 413 g/mol. The van der Waals surface area contributed by atoms with Gasteiger partial charge < -0.3 is 9.80 Å². The Balaban J connectivity index is 2.00. The van der Waals surface area contributed by atoms with Crippen LogP contribution in [-0.2, 0) is 9.59 Å². The van der Waals surface area contributed by atoms with Gasteiger partial charge in [-0.1, -0.05) is 47.5 Å². The van der Waals surface area contributed by atoms with Gasteiger partial charge in [0.1, 0.15) is 0 Å². The van der Waals surface area contributed by atoms with E-state index in [-0.39, 0.29) is 11.8 Å². The third-order valence-electron chi connectivity index (χ3n) is 5.05. The van der Waals surface area contributed by atoms with Crippen LogP contribution in [0.15, 0.2) is 59.7 Å². The molecule has 2 aromatic carbocycles. The largest absolute Gasteiger partial charge is 0.307 e. The summed E-state index contributed by atoms with van der Waals surface area (Å²) in [6.45, 7) is 4.74. The number of likely N-dealkylation sites (N-methyl/N-ethyl adjacent to an activating group) is 2. The van der Waals surface area contributed by atoms with Crippen LogP contribution in [0.1, 0.15) is 25.0 Å². The summed E-state index contributed by atoms with van der Waals surface area (Å²) < 4.78 is 0. The summed E-state index contributed by atoms with van der Waals surface area (Å²) in [5.74, 6) is -0.312. The number of carbonyl (C=O) groups is 2. The Bertz CT molecular complexity index is 952. The molecule has 4 rings (SSSR count). The quantitative estimate of drug-likeness (QED) is 0.720. The van der Waals surface area contributed by atoms with Crippen molar-refractivity contribution in [3.63, 3.8) is 0 Å². The molecular weight excluding hydrogens is 395 g/mol. The van der Waals surface area contributed by atoms with E-state index in [1.807, 2.05) is 38.1 Å². The molecule has 2 heterocycles. The lowest BCUT2D eigenvalue weighted by molar-refractivity contribution is -0.124. The number of fused-ring (bicyclic) bond motifs is 1. The molecule has 2 aliphatic heterocycles. The molecule has 0 fully saturated rings. The summed E-state index contributed by atoms with van der Waals surface area (Å²) in [7, 11) is 0. The van der Waals surface area contributed by atoms with Gasteiger partial charge in [-0.05, 0) is 49.2 Å². The van der Waals surface area contributed by atoms with Crippen molar-refractivity contribution in [3.05, 3.63) is 80.8 Å². The van der Waals surface area contributed by atoms with Crippen molar-refractivity contribution in [2.24, 2.45) is 0 Å². The van der Waals surface area contributed by atoms with Crippen LogP contribution in [0, 0.1) is 0 Å². The highest BCUT2D eigenvalue weighted by molar-refractivity contribution is 6.32. The first-order chi connectivity index (χ1) is 13.5. The van der Waals surface area contributed by atoms with Crippen LogP contribution in [0.25, 0.3) is 11.4 Å². The molecule has 0 saturated carbocycles. The minimum atomic E-state index is -0.156. The van der Waals surface area contributed by atoms with Crippen molar-refractivity contribution in [2.75, 3.05) is 13.1 Å². The van der Waals surface area contributed by atoms with Crippen LogP contribution in [0.3, 0.4) is 0 Å². The summed E-state index contributed by atoms with van der Waals surface area (Å²) in [5, 5.41) is 1.21. The summed E-state index contributed by atoms with van der Waals surface area (Å²) in [4.78, 5) is 30.0. The molecule has 4 nitrogen and oxygen atoms in total. The van der Waals surface area contributed by atoms with Crippen molar-refractivity contribution in [1.29, 1.82) is 0 Å². The molecule has 2 aliphatic rings. The third-order valence-corrected chi connectivity index (χ3v) is 5.55. The van der Waals surface area contributed by atoms with E-state index in [0.29, 0.717) is 45.7 Å². The van der Waals surface area contributed by atoms with E-state index in [9.17, 15) is 9.59 Å². The molecule has 2 amide bonds. The average Bonchev–Trinajstić information content (AvgIpc) is 3.15. The predicted molar refractivity (Wildman–Crippen MR) is 112 cm³/mol. The molecular formula is C22H18Cl2N2O2. The molecule has 0 aromatic heterocycles. The highest BCUT2D eigenvalue weighted by atomic mass is 35.5. The standard InChI is InChI=1S/C22H18Cl2N2O2/c1-3-25-19(13-5-9-15(23)10-6-13)17-18(21(25)27)20(26(4-2)22(17)28)14-7-11-16(24)12-8-14/h5-12H,3-4H2,1-2H3. The SMILES string of the molecule is CCN1C(=O)C2=C(c3ccc(Cl)cc3)N(CC)C(=O)C2=C1c1ccc(Cl)cc1. The fraction of sp³-hybridized carbons (Fsp3) is 0.182. The Labute approximate surface area is 173 Å². The zero-order valence-electron chi connectivity index (χ0n) is 15.5. The van der Waals surface area contributed by atoms with Crippen LogP contribution < -0.4 is 0 Å². The van der Waals surface area contributed by atoms with Crippen LogP contribution >= 0.6 is 23.2 Å². The van der Waals surface area contributed by atoms with Crippen molar-refractivity contribution in [3.8, 4) is 0 Å². The Hall–Kier alpha value is -2.56. The Morgan fingerprint density at radius 3 is 1.25 bits per heavy atom. The number of benzene rings is 2. The number of nitrogens with zero attached hydrogens (tertiary/aromatic N) is 2. The molecule has 0 N–H and O–H groups in total. The number of halogens is 2. The lowest BCUT2D eigenvalue weighted by Gasteiger charge is -2.23. The molecule has 28 heavy (non-hydrogen) atoms. The zero-order valence-corrected chi connectivity index (χ0v) is 17.0. The maximum Gasteiger partial charge on any atom is 0.261 e. The van der Waals surface area contributed by atoms with Crippen LogP contribution in [0.4, 0.5) is 0 Å². The Kier molecular flexibility index (Phi) is 4.77. The second-order valence-corrected chi connectivity index (χ2v) is 7.43. The molecule has 0 radical (unpaired) electrons. The van der Waals surface area contributed by atoms with Crippen molar-refractivity contribution in [1.82, 2.24) is 9.80 Å². The van der Waals surface area contributed by atoms with Gasteiger partial charge in [0.2, 0.25) is 0 Å². The van der Waals surface area contributed by atoms with Crippen LogP contribution in [0.5, 0.6) is 0 Å². The topological polar surface area (TPSA) is 40.6 Å². The summed E-state index contributed by atoms with van der Waals surface area (Å²) in [6.07, 6.45) is 0. The predicted octanol–water partition coefficient (Wildman–Crippen LogP) is 4.84. The summed E-state index contributed by atoms with van der Waals surface area (Å²) >= 11 is 12.1. The molecule has 142 valence electrons. The van der Waals surface area contributed by atoms with E-state index in [1.165, 1.54) is 0 Å². The molecule has 0 spiro atoms. The van der Waals surface area contributed by atoms with Crippen molar-refractivity contribution in [2.45, 2.75) is 13.8 Å². The van der Waals surface area contributed by atoms with Gasteiger partial charge in [-0.15, -0.1) is 0 Å². The minimum Gasteiger partial charge on any atom is -0.307 e. The first-order valence-corrected chi connectivity index (χ1v) is 9.88. The molecule has 0 atom stereocenters. The van der Waals surface area contributed by atoms with E-state index < -0.39 is 0 Å². The zero-order chi connectivity index (χ0) is 20.0. The summed E-state index contributed by atoms with van der Waals surface area (Å²) in [6, 6.07) is 14.4. The minimum absolute atomic E-state index is 0.156. The maximum atomic E-state index is 13.3. The molecule has 0 bridgehead atoms. The Morgan fingerprint density at radius 1 is 0.643 bits per heavy atom. The monoisotopic (exact) mass is 412 g/mol. The first kappa shape index (κ1) is 18.8. The smallest absolute Gasteiger partial charge is 0.261 e. The van der Waals surface area contributed by atoms with E-state index in [4.69, 9.17) is 23.2 Å². The van der Waals surface area contributed by atoms with Gasteiger partial charge in [0.05, 0.1) is 22.5 Å². The second-order valence-electron chi connectivity index (χ2n) is 6.56. The summed E-state index contributed by atoms with van der Waals surface area (Å²) in [5.41, 5.74) is 3.80. The van der Waals surface area contributed by atoms with Crippen molar-refractivity contribution < 1.29 is 9.59 Å². The number of carbonyl (C=O) groups excluding carboxylic acids is 2. The van der Waals surface area contributed by atoms with Gasteiger partial charge in [0.25, 0.3) is 11.8 Å². The number of hydrogen-bond donors (Lipinski definition) is 0. The lowest BCUT2D eigenvalue weighted by Crippen LogP contribution is -2.29. The van der Waals surface area contributed by atoms with Gasteiger partial charge in [-0.2, -0.15) is 0 Å². The van der Waals surface area contributed by atoms with Crippen LogP contribution in [0.2, 0.25) is 10.0 Å². The fourth-order valence-corrected chi connectivity index (χ4v) is 4.07. The van der Waals surface area contributed by atoms with E-state index in [2.05, 4.69) is 0 Å². The van der Waals surface area contributed by atoms with Crippen molar-refractivity contribution >= 4 is 46.4 Å². The van der Waals surface area contributed by atoms with Crippen LogP contribution in [-0.4, -0.2) is 34.7 Å². The van der Waals surface area contributed by atoms with E-state index in [0.717, 1.165) is 11.1 Å². The first-order valence-electron chi connectivity index (χ1n) is 9.12. The lowest BCUT2D eigenvalue weighted by atomic mass is 10.0. The Morgan fingerprint density at radius 2 is 0.964 bits per heavy atom. The molecule has 6 heteroatoms. The fourth-order valence-electron chi connectivity index (χ4n) is 3.82. The van der Waals surface area contributed by atoms with Gasteiger partial charge in [-0.3, -0.25) is 9.59 Å². The molecule has 0 saturated heterocycles. The number of hydrogen-bond acceptors (Lipinski definition) is 2. The normalized spacial score (nSPS) is 16.6. The van der Waals surface area contributed by atoms with Gasteiger partial charge in [0.15, 0.2) is 0 Å². The second kappa shape index (κ2) is 7.12. The van der Waals surface area contributed by atoms with E-state index in [1.54, 1.807) is 34.1 Å². The van der Waals surface area contributed by atoms with E-state index >= 15 is 0 Å². The number of rotatable bonds is 4. The highest BCUT2D eigenvalue weighted by Gasteiger charge is 2.47. The molecule has 0 aliphatic carbocycles. The third kappa shape index (κ3) is 2.76.